The summed E-state index contributed by atoms with van der Waals surface area (Å²) in [6, 6.07) is 8.63. The largest absolute Gasteiger partial charge is 0.316 e. The number of benzene rings is 1. The average molecular weight is 327 g/mol. The normalized spacial score (nSPS) is 24.6. The Bertz CT molecular complexity index is 622. The van der Waals surface area contributed by atoms with Gasteiger partial charge in [-0.05, 0) is 24.3 Å². The third-order valence-electron chi connectivity index (χ3n) is 5.18. The number of allylic oxidation sites excluding steroid dienone is 2. The van der Waals surface area contributed by atoms with E-state index in [4.69, 9.17) is 0 Å². The Labute approximate surface area is 144 Å². The number of nitrogens with one attached hydrogen (secondary N) is 1. The van der Waals surface area contributed by atoms with E-state index < -0.39 is 0 Å². The van der Waals surface area contributed by atoms with E-state index in [2.05, 4.69) is 38.1 Å². The first-order chi connectivity index (χ1) is 11.5. The molecule has 0 bridgehead atoms. The molecule has 2 aliphatic rings. The van der Waals surface area contributed by atoms with Gasteiger partial charge < -0.3 is 4.90 Å². The van der Waals surface area contributed by atoms with Crippen molar-refractivity contribution in [3.8, 4) is 0 Å². The predicted octanol–water partition coefficient (Wildman–Crippen LogP) is 1.73. The van der Waals surface area contributed by atoms with Crippen LogP contribution in [0, 0.1) is 11.8 Å². The zero-order chi connectivity index (χ0) is 17.3. The lowest BCUT2D eigenvalue weighted by molar-refractivity contribution is -0.901. The molecule has 1 aliphatic heterocycles. The number of amides is 2. The van der Waals surface area contributed by atoms with Gasteiger partial charge >= 0.3 is 0 Å². The van der Waals surface area contributed by atoms with Crippen LogP contribution in [0.4, 0.5) is 0 Å². The minimum Gasteiger partial charge on any atom is -0.316 e. The summed E-state index contributed by atoms with van der Waals surface area (Å²) >= 11 is 0. The molecular weight excluding hydrogens is 300 g/mol. The lowest BCUT2D eigenvalue weighted by Crippen LogP contribution is -3.09. The van der Waals surface area contributed by atoms with E-state index in [9.17, 15) is 9.59 Å². The molecule has 4 heteroatoms. The van der Waals surface area contributed by atoms with Crippen LogP contribution in [0.2, 0.25) is 0 Å². The van der Waals surface area contributed by atoms with Gasteiger partial charge in [0.05, 0.1) is 18.9 Å². The molecule has 128 valence electrons. The first kappa shape index (κ1) is 16.9. The summed E-state index contributed by atoms with van der Waals surface area (Å²) in [4.78, 5) is 27.7. The number of hydrogen-bond acceptors (Lipinski definition) is 2. The molecule has 1 aliphatic carbocycles. The van der Waals surface area contributed by atoms with Gasteiger partial charge in [-0.2, -0.15) is 0 Å². The molecule has 3 atom stereocenters. The van der Waals surface area contributed by atoms with Crippen molar-refractivity contribution >= 4 is 11.8 Å². The van der Waals surface area contributed by atoms with Crippen LogP contribution in [-0.2, 0) is 16.1 Å². The van der Waals surface area contributed by atoms with Crippen LogP contribution >= 0.6 is 0 Å². The van der Waals surface area contributed by atoms with Crippen molar-refractivity contribution in [1.29, 1.82) is 0 Å². The van der Waals surface area contributed by atoms with E-state index in [-0.39, 0.29) is 23.7 Å². The van der Waals surface area contributed by atoms with Crippen LogP contribution in [0.5, 0.6) is 0 Å². The molecule has 1 fully saturated rings. The zero-order valence-electron chi connectivity index (χ0n) is 14.8. The highest BCUT2D eigenvalue weighted by molar-refractivity contribution is 6.05. The summed E-state index contributed by atoms with van der Waals surface area (Å²) in [5, 5.41) is 0. The second-order valence-electron chi connectivity index (χ2n) is 7.45. The van der Waals surface area contributed by atoms with E-state index in [0.29, 0.717) is 25.4 Å². The molecule has 0 aromatic heterocycles. The standard InChI is InChI=1S/C20H26N2O2/c1-14(2)16-10-8-15(9-11-16)12-21(3)13-22-19(23)17-6-4-5-7-18(17)20(22)24/h4-5,8-11,14,17-18H,6-7,12-13H2,1-3H3/p+1/t17-,18+. The van der Waals surface area contributed by atoms with E-state index in [1.165, 1.54) is 16.0 Å². The minimum atomic E-state index is -0.124. The zero-order valence-corrected chi connectivity index (χ0v) is 14.8. The average Bonchev–Trinajstić information content (AvgIpc) is 2.81. The lowest BCUT2D eigenvalue weighted by Gasteiger charge is -2.21. The molecule has 24 heavy (non-hydrogen) atoms. The third-order valence-corrected chi connectivity index (χ3v) is 5.18. The Morgan fingerprint density at radius 3 is 2.08 bits per heavy atom. The van der Waals surface area contributed by atoms with Crippen molar-refractivity contribution in [3.63, 3.8) is 0 Å². The highest BCUT2D eigenvalue weighted by Gasteiger charge is 2.48. The van der Waals surface area contributed by atoms with Crippen LogP contribution in [0.25, 0.3) is 0 Å². The van der Waals surface area contributed by atoms with E-state index in [0.717, 1.165) is 11.4 Å². The molecule has 1 saturated heterocycles. The third kappa shape index (κ3) is 3.29. The van der Waals surface area contributed by atoms with Crippen LogP contribution in [-0.4, -0.2) is 30.4 Å². The van der Waals surface area contributed by atoms with E-state index >= 15 is 0 Å². The second kappa shape index (κ2) is 6.89. The highest BCUT2D eigenvalue weighted by atomic mass is 16.2. The van der Waals surface area contributed by atoms with Gasteiger partial charge in [0.25, 0.3) is 0 Å². The Morgan fingerprint density at radius 2 is 1.58 bits per heavy atom. The summed E-state index contributed by atoms with van der Waals surface area (Å²) in [5.41, 5.74) is 2.56. The maximum Gasteiger partial charge on any atom is 0.237 e. The smallest absolute Gasteiger partial charge is 0.237 e. The fraction of sp³-hybridized carbons (Fsp3) is 0.500. The van der Waals surface area contributed by atoms with Crippen molar-refractivity contribution in [2.24, 2.45) is 11.8 Å². The van der Waals surface area contributed by atoms with Crippen molar-refractivity contribution in [2.75, 3.05) is 13.7 Å². The Kier molecular flexibility index (Phi) is 4.86. The number of nitrogens with zero attached hydrogens (tertiary/aromatic N) is 1. The van der Waals surface area contributed by atoms with Gasteiger partial charge in [0.2, 0.25) is 11.8 Å². The molecule has 1 aromatic carbocycles. The maximum absolute atomic E-state index is 12.5. The van der Waals surface area contributed by atoms with Crippen molar-refractivity contribution in [3.05, 3.63) is 47.5 Å². The molecule has 1 N–H and O–H groups in total. The van der Waals surface area contributed by atoms with Gasteiger partial charge in [0, 0.05) is 5.56 Å². The van der Waals surface area contributed by atoms with E-state index in [1.54, 1.807) is 0 Å². The number of imide groups is 1. The molecule has 2 amide bonds. The monoisotopic (exact) mass is 327 g/mol. The summed E-state index contributed by atoms with van der Waals surface area (Å²) < 4.78 is 0. The Morgan fingerprint density at radius 1 is 1.04 bits per heavy atom. The number of hydrogen-bond donors (Lipinski definition) is 1. The number of quaternary nitrogens is 1. The van der Waals surface area contributed by atoms with Crippen LogP contribution in [0.15, 0.2) is 36.4 Å². The number of carbonyl (C=O) groups excluding carboxylic acids is 2. The van der Waals surface area contributed by atoms with E-state index in [1.807, 2.05) is 19.2 Å². The van der Waals surface area contributed by atoms with Gasteiger partial charge in [-0.15, -0.1) is 0 Å². The summed E-state index contributed by atoms with van der Waals surface area (Å²) in [6.07, 6.45) is 5.48. The number of likely N-dealkylation sites (tertiary alicyclic amines) is 1. The van der Waals surface area contributed by atoms with Crippen molar-refractivity contribution in [2.45, 2.75) is 39.2 Å². The molecule has 1 aromatic rings. The highest BCUT2D eigenvalue weighted by Crippen LogP contribution is 2.34. The second-order valence-corrected chi connectivity index (χ2v) is 7.45. The minimum absolute atomic E-state index is 0.0175. The molecule has 0 spiro atoms. The molecule has 1 heterocycles. The Balaban J connectivity index is 1.61. The van der Waals surface area contributed by atoms with Gasteiger partial charge in [-0.1, -0.05) is 50.3 Å². The van der Waals surface area contributed by atoms with Crippen LogP contribution in [0.3, 0.4) is 0 Å². The lowest BCUT2D eigenvalue weighted by atomic mass is 9.85. The van der Waals surface area contributed by atoms with Crippen LogP contribution < -0.4 is 4.90 Å². The topological polar surface area (TPSA) is 41.8 Å². The fourth-order valence-corrected chi connectivity index (χ4v) is 3.72. The quantitative estimate of drug-likeness (QED) is 0.661. The van der Waals surface area contributed by atoms with Gasteiger partial charge in [0.1, 0.15) is 6.54 Å². The maximum atomic E-state index is 12.5. The summed E-state index contributed by atoms with van der Waals surface area (Å²) in [6.45, 7) is 5.64. The first-order valence-corrected chi connectivity index (χ1v) is 8.87. The molecule has 3 rings (SSSR count). The van der Waals surface area contributed by atoms with Gasteiger partial charge in [0.15, 0.2) is 6.67 Å². The Hall–Kier alpha value is -1.94. The molecule has 1 unspecified atom stereocenters. The molecule has 4 nitrogen and oxygen atoms in total. The molecule has 0 saturated carbocycles. The molecular formula is C20H27N2O2+. The van der Waals surface area contributed by atoms with Gasteiger partial charge in [-0.25, -0.2) is 4.90 Å². The predicted molar refractivity (Wildman–Crippen MR) is 93.2 cm³/mol. The number of fused-ring (bicyclic) bond motifs is 1. The number of rotatable bonds is 5. The fourth-order valence-electron chi connectivity index (χ4n) is 3.72. The van der Waals surface area contributed by atoms with Crippen molar-refractivity contribution < 1.29 is 14.5 Å². The molecule has 0 radical (unpaired) electrons. The first-order valence-electron chi connectivity index (χ1n) is 8.87. The van der Waals surface area contributed by atoms with Crippen molar-refractivity contribution in [1.82, 2.24) is 4.90 Å². The number of carbonyl (C=O) groups is 2. The van der Waals surface area contributed by atoms with Crippen LogP contribution in [0.1, 0.15) is 43.7 Å². The van der Waals surface area contributed by atoms with Gasteiger partial charge in [-0.3, -0.25) is 9.59 Å². The SMILES string of the molecule is CC(C)c1ccc(C[NH+](C)CN2C(=O)[C@H]3CC=CC[C@H]3C2=O)cc1. The summed E-state index contributed by atoms with van der Waals surface area (Å²) in [7, 11) is 2.04. The summed E-state index contributed by atoms with van der Waals surface area (Å²) in [5.74, 6) is 0.315.